The number of allylic oxidation sites excluding steroid dienone is 2. The van der Waals surface area contributed by atoms with E-state index in [2.05, 4.69) is 31.3 Å². The van der Waals surface area contributed by atoms with Crippen molar-refractivity contribution in [2.24, 2.45) is 0 Å². The number of hydrogen-bond donors (Lipinski definition) is 9. The molecule has 0 aromatic rings. The smallest absolute Gasteiger partial charge is 0.220 e. The molecule has 0 spiro atoms. The van der Waals surface area contributed by atoms with Gasteiger partial charge in [-0.25, -0.2) is 0 Å². The number of amides is 1. The van der Waals surface area contributed by atoms with Crippen LogP contribution in [-0.2, 0) is 23.7 Å². The molecule has 14 heteroatoms. The van der Waals surface area contributed by atoms with Crippen molar-refractivity contribution in [2.45, 2.75) is 492 Å². The second kappa shape index (κ2) is 67.9. The van der Waals surface area contributed by atoms with Crippen molar-refractivity contribution in [2.75, 3.05) is 19.8 Å². The molecule has 2 heterocycles. The number of nitrogens with one attached hydrogen (secondary N) is 1. The molecule has 14 nitrogen and oxygen atoms in total. The minimum absolute atomic E-state index is 0.195. The summed E-state index contributed by atoms with van der Waals surface area (Å²) in [6, 6.07) is -0.827. The highest BCUT2D eigenvalue weighted by atomic mass is 16.7. The molecule has 12 unspecified atom stereocenters. The van der Waals surface area contributed by atoms with Gasteiger partial charge in [-0.3, -0.25) is 4.79 Å². The number of unbranched alkanes of at least 4 members (excludes halogenated alkanes) is 58. The molecule has 0 radical (unpaired) electrons. The fourth-order valence-corrected chi connectivity index (χ4v) is 14.5. The lowest BCUT2D eigenvalue weighted by atomic mass is 9.97. The molecule has 2 fully saturated rings. The topological polar surface area (TPSA) is 228 Å². The summed E-state index contributed by atoms with van der Waals surface area (Å²) >= 11 is 0. The van der Waals surface area contributed by atoms with Gasteiger partial charge in [0.15, 0.2) is 12.6 Å². The first-order valence-electron chi connectivity index (χ1n) is 42.4. The highest BCUT2D eigenvalue weighted by molar-refractivity contribution is 5.76. The first-order valence-corrected chi connectivity index (χ1v) is 42.4. The lowest BCUT2D eigenvalue weighted by molar-refractivity contribution is -0.359. The maximum atomic E-state index is 13.4. The molecule has 2 aliphatic heterocycles. The van der Waals surface area contributed by atoms with Crippen LogP contribution < -0.4 is 5.32 Å². The van der Waals surface area contributed by atoms with Gasteiger partial charge in [0.2, 0.25) is 5.91 Å². The van der Waals surface area contributed by atoms with Crippen molar-refractivity contribution in [3.63, 3.8) is 0 Å². The molecule has 97 heavy (non-hydrogen) atoms. The van der Waals surface area contributed by atoms with Crippen LogP contribution in [0.4, 0.5) is 0 Å². The molecule has 2 aliphatic rings. The van der Waals surface area contributed by atoms with Crippen LogP contribution in [0.1, 0.15) is 418 Å². The van der Waals surface area contributed by atoms with Crippen molar-refractivity contribution < 1.29 is 64.6 Å². The van der Waals surface area contributed by atoms with Crippen molar-refractivity contribution in [1.82, 2.24) is 5.32 Å². The van der Waals surface area contributed by atoms with Crippen LogP contribution in [0.25, 0.3) is 0 Å². The number of carbonyl (C=O) groups is 1. The van der Waals surface area contributed by atoms with E-state index in [1.165, 1.54) is 340 Å². The predicted octanol–water partition coefficient (Wildman–Crippen LogP) is 19.6. The summed E-state index contributed by atoms with van der Waals surface area (Å²) in [5.74, 6) is -0.195. The molecule has 576 valence electrons. The Balaban J connectivity index is 1.55. The maximum Gasteiger partial charge on any atom is 0.220 e. The van der Waals surface area contributed by atoms with Gasteiger partial charge in [0.1, 0.15) is 48.8 Å². The van der Waals surface area contributed by atoms with Crippen molar-refractivity contribution in [1.29, 1.82) is 0 Å². The summed E-state index contributed by atoms with van der Waals surface area (Å²) in [7, 11) is 0. The first kappa shape index (κ1) is 91.8. The summed E-state index contributed by atoms with van der Waals surface area (Å²) in [5.41, 5.74) is 0. The van der Waals surface area contributed by atoms with Crippen molar-refractivity contribution in [3.8, 4) is 0 Å². The standard InChI is InChI=1S/C83H161NO13/c1-3-5-7-9-11-13-15-17-19-21-23-25-27-29-30-31-32-33-34-35-36-37-38-39-40-41-42-43-45-47-49-51-53-55-57-59-61-63-65-67-75(88)84-71(70-94-82-80(93)78(91)81(74(69-86)96-82)97-83-79(92)77(90)76(89)73(68-85)95-83)72(87)66-64-62-60-58-56-54-52-50-48-46-44-28-26-24-22-20-18-16-14-12-10-8-6-4-2/h21,23,71-74,76-83,85-87,89-93H,3-20,22,24-70H2,1-2H3,(H,84,88)/b23-21-. The molecule has 0 aliphatic carbocycles. The highest BCUT2D eigenvalue weighted by Gasteiger charge is 2.51. The van der Waals surface area contributed by atoms with E-state index in [0.29, 0.717) is 12.8 Å². The largest absolute Gasteiger partial charge is 0.394 e. The Bertz CT molecular complexity index is 1680. The monoisotopic (exact) mass is 1380 g/mol. The second-order valence-electron chi connectivity index (χ2n) is 30.3. The second-order valence-corrected chi connectivity index (χ2v) is 30.3. The zero-order valence-electron chi connectivity index (χ0n) is 63.4. The van der Waals surface area contributed by atoms with E-state index in [4.69, 9.17) is 18.9 Å². The third-order valence-corrected chi connectivity index (χ3v) is 21.2. The lowest BCUT2D eigenvalue weighted by Crippen LogP contribution is -2.65. The van der Waals surface area contributed by atoms with Gasteiger partial charge >= 0.3 is 0 Å². The molecule has 2 rings (SSSR count). The van der Waals surface area contributed by atoms with Crippen LogP contribution >= 0.6 is 0 Å². The highest BCUT2D eigenvalue weighted by Crippen LogP contribution is 2.31. The Labute approximate surface area is 596 Å². The third-order valence-electron chi connectivity index (χ3n) is 21.2. The van der Waals surface area contributed by atoms with Crippen molar-refractivity contribution in [3.05, 3.63) is 12.2 Å². The number of rotatable bonds is 73. The third kappa shape index (κ3) is 50.7. The van der Waals surface area contributed by atoms with Gasteiger partial charge < -0.3 is 65.1 Å². The van der Waals surface area contributed by atoms with Gasteiger partial charge in [0.25, 0.3) is 0 Å². The van der Waals surface area contributed by atoms with E-state index < -0.39 is 86.8 Å². The van der Waals surface area contributed by atoms with E-state index in [-0.39, 0.29) is 12.5 Å². The van der Waals surface area contributed by atoms with Crippen LogP contribution in [0.15, 0.2) is 12.2 Å². The molecule has 0 bridgehead atoms. The number of hydrogen-bond acceptors (Lipinski definition) is 13. The lowest BCUT2D eigenvalue weighted by Gasteiger charge is -2.46. The minimum atomic E-state index is -1.78. The predicted molar refractivity (Wildman–Crippen MR) is 402 cm³/mol. The van der Waals surface area contributed by atoms with Gasteiger partial charge in [-0.05, 0) is 38.5 Å². The Kier molecular flexibility index (Phi) is 64.2. The number of aliphatic hydroxyl groups excluding tert-OH is 8. The summed E-state index contributed by atoms with van der Waals surface area (Å²) in [6.07, 6.45) is 69.9. The Morgan fingerprint density at radius 2 is 0.649 bits per heavy atom. The number of aliphatic hydroxyl groups is 8. The zero-order chi connectivity index (χ0) is 70.1. The van der Waals surface area contributed by atoms with Crippen LogP contribution in [0.5, 0.6) is 0 Å². The molecular weight excluding hydrogens is 1220 g/mol. The van der Waals surface area contributed by atoms with E-state index in [0.717, 1.165) is 51.4 Å². The fraction of sp³-hybridized carbons (Fsp3) is 0.964. The normalized spacial score (nSPS) is 22.1. The molecular formula is C83H161NO13. The SMILES string of the molecule is CCCCCCCCCC/C=C\CCCCCCCCCCCCCCCCCCCCCCCCCCCCCC(=O)NC(COC1OC(CO)C(OC2OC(CO)C(O)C(O)C2O)C(O)C1O)C(O)CCCCCCCCCCCCCCCCCCCCCCCCCC. The van der Waals surface area contributed by atoms with Gasteiger partial charge in [-0.15, -0.1) is 0 Å². The van der Waals surface area contributed by atoms with Crippen molar-refractivity contribution >= 4 is 5.91 Å². The van der Waals surface area contributed by atoms with E-state index in [1.54, 1.807) is 0 Å². The van der Waals surface area contributed by atoms with Crippen LogP contribution in [0.3, 0.4) is 0 Å². The quantitative estimate of drug-likeness (QED) is 0.0204. The Morgan fingerprint density at radius 3 is 0.979 bits per heavy atom. The van der Waals surface area contributed by atoms with Crippen LogP contribution in [0.2, 0.25) is 0 Å². The van der Waals surface area contributed by atoms with Gasteiger partial charge in [0, 0.05) is 6.42 Å². The van der Waals surface area contributed by atoms with Crippen LogP contribution in [0, 0.1) is 0 Å². The van der Waals surface area contributed by atoms with Gasteiger partial charge in [-0.1, -0.05) is 386 Å². The molecule has 2 saturated heterocycles. The fourth-order valence-electron chi connectivity index (χ4n) is 14.5. The van der Waals surface area contributed by atoms with Gasteiger partial charge in [-0.2, -0.15) is 0 Å². The molecule has 0 aromatic carbocycles. The first-order chi connectivity index (χ1) is 47.6. The van der Waals surface area contributed by atoms with E-state index in [1.807, 2.05) is 0 Å². The average Bonchev–Trinajstić information content (AvgIpc) is 0.794. The summed E-state index contributed by atoms with van der Waals surface area (Å²) in [6.45, 7) is 2.94. The molecule has 0 aromatic heterocycles. The van der Waals surface area contributed by atoms with Crippen LogP contribution in [-0.4, -0.2) is 140 Å². The maximum absolute atomic E-state index is 13.4. The molecule has 9 N–H and O–H groups in total. The van der Waals surface area contributed by atoms with Gasteiger partial charge in [0.05, 0.1) is 32.0 Å². The number of carbonyl (C=O) groups excluding carboxylic acids is 1. The summed E-state index contributed by atoms with van der Waals surface area (Å²) in [5, 5.41) is 87.9. The number of ether oxygens (including phenoxy) is 4. The molecule has 0 saturated carbocycles. The Morgan fingerprint density at radius 1 is 0.361 bits per heavy atom. The van der Waals surface area contributed by atoms with E-state index in [9.17, 15) is 45.6 Å². The molecule has 1 amide bonds. The van der Waals surface area contributed by atoms with E-state index >= 15 is 0 Å². The zero-order valence-corrected chi connectivity index (χ0v) is 63.4. The summed E-state index contributed by atoms with van der Waals surface area (Å²) in [4.78, 5) is 13.4. The average molecular weight is 1380 g/mol. The molecule has 12 atom stereocenters. The Hall–Kier alpha value is -1.27. The minimum Gasteiger partial charge on any atom is -0.394 e. The summed E-state index contributed by atoms with van der Waals surface area (Å²) < 4.78 is 23.0.